The summed E-state index contributed by atoms with van der Waals surface area (Å²) in [6.07, 6.45) is 4.50. The summed E-state index contributed by atoms with van der Waals surface area (Å²) in [7, 11) is 0. The summed E-state index contributed by atoms with van der Waals surface area (Å²) >= 11 is 0. The molecular formula is C17H24. The Morgan fingerprint density at radius 3 is 2.29 bits per heavy atom. The van der Waals surface area contributed by atoms with Gasteiger partial charge < -0.3 is 0 Å². The third kappa shape index (κ3) is 3.33. The van der Waals surface area contributed by atoms with Gasteiger partial charge in [0.1, 0.15) is 0 Å². The zero-order valence-electron chi connectivity index (χ0n) is 12.0. The molecule has 0 amide bonds. The van der Waals surface area contributed by atoms with Crippen LogP contribution in [0.15, 0.2) is 47.6 Å². The van der Waals surface area contributed by atoms with Gasteiger partial charge in [0.2, 0.25) is 0 Å². The molecule has 1 aromatic rings. The highest BCUT2D eigenvalue weighted by molar-refractivity contribution is 5.41. The normalized spacial score (nSPS) is 12.5. The van der Waals surface area contributed by atoms with Gasteiger partial charge >= 0.3 is 0 Å². The molecule has 0 heterocycles. The minimum Gasteiger partial charge on any atom is -0.0836 e. The number of hydrogen-bond acceptors (Lipinski definition) is 0. The molecule has 0 atom stereocenters. The third-order valence-electron chi connectivity index (χ3n) is 3.22. The summed E-state index contributed by atoms with van der Waals surface area (Å²) in [5.74, 6) is 0. The predicted octanol–water partition coefficient (Wildman–Crippen LogP) is 5.19. The Labute approximate surface area is 106 Å². The molecule has 0 saturated carbocycles. The van der Waals surface area contributed by atoms with Gasteiger partial charge in [-0.05, 0) is 38.8 Å². The molecule has 1 rings (SSSR count). The van der Waals surface area contributed by atoms with Crippen LogP contribution in [0.1, 0.15) is 45.7 Å². The molecule has 0 aliphatic heterocycles. The second-order valence-corrected chi connectivity index (χ2v) is 5.46. The van der Waals surface area contributed by atoms with E-state index >= 15 is 0 Å². The SMILES string of the molecule is C/C=C(\C=C(C)C)C(C)(C)c1cccc(C)c1. The number of rotatable bonds is 3. The number of hydrogen-bond donors (Lipinski definition) is 0. The van der Waals surface area contributed by atoms with Gasteiger partial charge in [-0.1, -0.05) is 61.4 Å². The van der Waals surface area contributed by atoms with Crippen molar-refractivity contribution in [3.05, 3.63) is 58.7 Å². The highest BCUT2D eigenvalue weighted by Crippen LogP contribution is 2.33. The molecule has 0 aromatic heterocycles. The van der Waals surface area contributed by atoms with Crippen molar-refractivity contribution < 1.29 is 0 Å². The summed E-state index contributed by atoms with van der Waals surface area (Å²) in [5, 5.41) is 0. The van der Waals surface area contributed by atoms with Crippen molar-refractivity contribution in [3.8, 4) is 0 Å². The maximum Gasteiger partial charge on any atom is 0.0143 e. The number of aryl methyl sites for hydroxylation is 1. The maximum atomic E-state index is 2.29. The van der Waals surface area contributed by atoms with Crippen LogP contribution in [0, 0.1) is 6.92 Å². The molecule has 0 fully saturated rings. The van der Waals surface area contributed by atoms with Gasteiger partial charge in [0.05, 0.1) is 0 Å². The van der Waals surface area contributed by atoms with Gasteiger partial charge in [-0.2, -0.15) is 0 Å². The van der Waals surface area contributed by atoms with Crippen LogP contribution in [0.4, 0.5) is 0 Å². The second kappa shape index (κ2) is 5.35. The Bertz CT molecular complexity index is 441. The van der Waals surface area contributed by atoms with E-state index in [1.165, 1.54) is 22.3 Å². The van der Waals surface area contributed by atoms with E-state index in [4.69, 9.17) is 0 Å². The van der Waals surface area contributed by atoms with Crippen LogP contribution in [0.25, 0.3) is 0 Å². The second-order valence-electron chi connectivity index (χ2n) is 5.46. The summed E-state index contributed by atoms with van der Waals surface area (Å²) in [5.41, 5.74) is 5.49. The minimum absolute atomic E-state index is 0.0675. The molecule has 0 aliphatic carbocycles. The van der Waals surface area contributed by atoms with Gasteiger partial charge in [0.15, 0.2) is 0 Å². The van der Waals surface area contributed by atoms with E-state index < -0.39 is 0 Å². The molecule has 0 N–H and O–H groups in total. The predicted molar refractivity (Wildman–Crippen MR) is 77.4 cm³/mol. The lowest BCUT2D eigenvalue weighted by Gasteiger charge is -2.28. The standard InChI is InChI=1S/C17H24/c1-7-15(11-13(2)3)17(5,6)16-10-8-9-14(4)12-16/h7-12H,1-6H3/b15-7+. The van der Waals surface area contributed by atoms with Crippen molar-refractivity contribution in [2.45, 2.75) is 47.0 Å². The average Bonchev–Trinajstić information content (AvgIpc) is 2.25. The first kappa shape index (κ1) is 13.8. The quantitative estimate of drug-likeness (QED) is 0.625. The van der Waals surface area contributed by atoms with Crippen molar-refractivity contribution in [2.75, 3.05) is 0 Å². The van der Waals surface area contributed by atoms with Crippen molar-refractivity contribution >= 4 is 0 Å². The summed E-state index contributed by atoms with van der Waals surface area (Å²) < 4.78 is 0. The smallest absolute Gasteiger partial charge is 0.0143 e. The highest BCUT2D eigenvalue weighted by atomic mass is 14.3. The van der Waals surface area contributed by atoms with Crippen LogP contribution < -0.4 is 0 Å². The maximum absolute atomic E-state index is 2.29. The van der Waals surface area contributed by atoms with Crippen molar-refractivity contribution in [1.29, 1.82) is 0 Å². The fourth-order valence-corrected chi connectivity index (χ4v) is 2.14. The Morgan fingerprint density at radius 1 is 1.18 bits per heavy atom. The van der Waals surface area contributed by atoms with E-state index in [0.717, 1.165) is 0 Å². The van der Waals surface area contributed by atoms with Gasteiger partial charge in [0, 0.05) is 5.41 Å². The zero-order valence-corrected chi connectivity index (χ0v) is 12.0. The Kier molecular flexibility index (Phi) is 4.34. The van der Waals surface area contributed by atoms with Crippen molar-refractivity contribution in [2.24, 2.45) is 0 Å². The van der Waals surface area contributed by atoms with Crippen LogP contribution in [0.2, 0.25) is 0 Å². The fourth-order valence-electron chi connectivity index (χ4n) is 2.14. The van der Waals surface area contributed by atoms with E-state index in [1.807, 2.05) is 0 Å². The number of benzene rings is 1. The van der Waals surface area contributed by atoms with Gasteiger partial charge in [-0.3, -0.25) is 0 Å². The average molecular weight is 228 g/mol. The lowest BCUT2D eigenvalue weighted by molar-refractivity contribution is 0.636. The molecule has 0 aliphatic rings. The Morgan fingerprint density at radius 2 is 1.82 bits per heavy atom. The molecule has 92 valence electrons. The molecule has 0 radical (unpaired) electrons. The van der Waals surface area contributed by atoms with Crippen LogP contribution in [0.5, 0.6) is 0 Å². The zero-order chi connectivity index (χ0) is 13.1. The molecule has 0 nitrogen and oxygen atoms in total. The molecule has 0 unspecified atom stereocenters. The largest absolute Gasteiger partial charge is 0.0836 e. The van der Waals surface area contributed by atoms with Crippen molar-refractivity contribution in [3.63, 3.8) is 0 Å². The van der Waals surface area contributed by atoms with Gasteiger partial charge in [0.25, 0.3) is 0 Å². The lowest BCUT2D eigenvalue weighted by atomic mass is 9.76. The first-order chi connectivity index (χ1) is 7.87. The Hall–Kier alpha value is -1.30. The minimum atomic E-state index is 0.0675. The molecule has 0 bridgehead atoms. The molecule has 0 spiro atoms. The summed E-state index contributed by atoms with van der Waals surface area (Å²) in [6, 6.07) is 8.79. The fraction of sp³-hybridized carbons (Fsp3) is 0.412. The topological polar surface area (TPSA) is 0 Å². The van der Waals surface area contributed by atoms with Crippen LogP contribution in [0.3, 0.4) is 0 Å². The summed E-state index contributed by atoms with van der Waals surface area (Å²) in [4.78, 5) is 0. The van der Waals surface area contributed by atoms with E-state index in [9.17, 15) is 0 Å². The molecule has 1 aromatic carbocycles. The highest BCUT2D eigenvalue weighted by Gasteiger charge is 2.23. The third-order valence-corrected chi connectivity index (χ3v) is 3.22. The van der Waals surface area contributed by atoms with E-state index in [-0.39, 0.29) is 5.41 Å². The number of allylic oxidation sites excluding steroid dienone is 4. The first-order valence-electron chi connectivity index (χ1n) is 6.26. The van der Waals surface area contributed by atoms with E-state index in [0.29, 0.717) is 0 Å². The Balaban J connectivity index is 3.22. The van der Waals surface area contributed by atoms with Crippen LogP contribution in [-0.4, -0.2) is 0 Å². The molecule has 0 heteroatoms. The lowest BCUT2D eigenvalue weighted by Crippen LogP contribution is -2.19. The van der Waals surface area contributed by atoms with E-state index in [1.54, 1.807) is 0 Å². The van der Waals surface area contributed by atoms with Crippen LogP contribution in [-0.2, 0) is 5.41 Å². The molecular weight excluding hydrogens is 204 g/mol. The molecule has 17 heavy (non-hydrogen) atoms. The monoisotopic (exact) mass is 228 g/mol. The van der Waals surface area contributed by atoms with Crippen molar-refractivity contribution in [1.82, 2.24) is 0 Å². The van der Waals surface area contributed by atoms with E-state index in [2.05, 4.69) is 78.0 Å². The summed E-state index contributed by atoms with van der Waals surface area (Å²) in [6.45, 7) is 13.1. The van der Waals surface area contributed by atoms with Gasteiger partial charge in [-0.25, -0.2) is 0 Å². The van der Waals surface area contributed by atoms with Gasteiger partial charge in [-0.15, -0.1) is 0 Å². The van der Waals surface area contributed by atoms with Crippen LogP contribution >= 0.6 is 0 Å². The first-order valence-corrected chi connectivity index (χ1v) is 6.26. The molecule has 0 saturated heterocycles.